The van der Waals surface area contributed by atoms with Gasteiger partial charge in [0.25, 0.3) is 5.91 Å². The molecule has 1 aromatic heterocycles. The van der Waals surface area contributed by atoms with Crippen LogP contribution in [0.15, 0.2) is 34.9 Å². The number of carbonyl (C=O) groups is 2. The molecular formula is C16H17ClN2O4. The summed E-state index contributed by atoms with van der Waals surface area (Å²) in [6.45, 7) is 3.30. The minimum absolute atomic E-state index is 0.0801. The third-order valence-corrected chi connectivity index (χ3v) is 3.80. The molecule has 0 saturated heterocycles. The number of nitrogens with zero attached hydrogens (tertiary/aromatic N) is 2. The number of amides is 1. The van der Waals surface area contributed by atoms with Crippen molar-refractivity contribution in [2.24, 2.45) is 0 Å². The van der Waals surface area contributed by atoms with Crippen LogP contribution in [-0.2, 0) is 4.79 Å². The molecule has 2 aromatic rings. The first-order valence-corrected chi connectivity index (χ1v) is 7.55. The van der Waals surface area contributed by atoms with Gasteiger partial charge in [-0.15, -0.1) is 0 Å². The first-order chi connectivity index (χ1) is 10.9. The Bertz CT molecular complexity index is 696. The van der Waals surface area contributed by atoms with Gasteiger partial charge in [-0.3, -0.25) is 9.59 Å². The number of carboxylic acid groups (broad SMARTS) is 1. The summed E-state index contributed by atoms with van der Waals surface area (Å²) >= 11 is 5.83. The molecule has 1 atom stereocenters. The number of benzene rings is 1. The Morgan fingerprint density at radius 2 is 2.00 bits per heavy atom. The lowest BCUT2D eigenvalue weighted by Gasteiger charge is -2.25. The molecule has 7 heteroatoms. The molecule has 1 unspecified atom stereocenters. The van der Waals surface area contributed by atoms with E-state index in [9.17, 15) is 9.59 Å². The average molecular weight is 337 g/mol. The number of aliphatic carboxylic acids is 1. The summed E-state index contributed by atoms with van der Waals surface area (Å²) in [5, 5.41) is 13.3. The number of carboxylic acids is 1. The Balaban J connectivity index is 2.25. The van der Waals surface area contributed by atoms with Crippen LogP contribution in [0.4, 0.5) is 0 Å². The topological polar surface area (TPSA) is 83.6 Å². The molecule has 1 aromatic carbocycles. The molecule has 1 amide bonds. The molecule has 0 fully saturated rings. The SMILES string of the molecule is CCC(C)N(CC(=O)O)C(=O)c1cc(-c2ccc(Cl)cc2)on1. The van der Waals surface area contributed by atoms with E-state index in [0.29, 0.717) is 17.2 Å². The van der Waals surface area contributed by atoms with E-state index in [-0.39, 0.29) is 18.3 Å². The predicted octanol–water partition coefficient (Wildman–Crippen LogP) is 3.32. The van der Waals surface area contributed by atoms with Crippen molar-refractivity contribution in [2.75, 3.05) is 6.54 Å². The fourth-order valence-electron chi connectivity index (χ4n) is 2.07. The van der Waals surface area contributed by atoms with E-state index in [1.807, 2.05) is 6.92 Å². The predicted molar refractivity (Wildman–Crippen MR) is 85.4 cm³/mol. The Morgan fingerprint density at radius 1 is 1.35 bits per heavy atom. The van der Waals surface area contributed by atoms with Crippen LogP contribution in [0.1, 0.15) is 30.8 Å². The molecule has 2 rings (SSSR count). The molecule has 1 heterocycles. The molecule has 0 radical (unpaired) electrons. The van der Waals surface area contributed by atoms with Crippen LogP contribution < -0.4 is 0 Å². The van der Waals surface area contributed by atoms with Crippen molar-refractivity contribution in [3.8, 4) is 11.3 Å². The molecule has 1 N–H and O–H groups in total. The van der Waals surface area contributed by atoms with Crippen LogP contribution in [0.2, 0.25) is 5.02 Å². The number of carbonyl (C=O) groups excluding carboxylic acids is 1. The lowest BCUT2D eigenvalue weighted by Crippen LogP contribution is -2.41. The van der Waals surface area contributed by atoms with E-state index in [2.05, 4.69) is 5.16 Å². The van der Waals surface area contributed by atoms with E-state index in [4.69, 9.17) is 21.2 Å². The van der Waals surface area contributed by atoms with Gasteiger partial charge in [0.1, 0.15) is 6.54 Å². The zero-order valence-corrected chi connectivity index (χ0v) is 13.6. The molecular weight excluding hydrogens is 320 g/mol. The van der Waals surface area contributed by atoms with Gasteiger partial charge in [-0.25, -0.2) is 0 Å². The van der Waals surface area contributed by atoms with Crippen LogP contribution in [-0.4, -0.2) is 39.6 Å². The first kappa shape index (κ1) is 17.0. The maximum atomic E-state index is 12.5. The Kier molecular flexibility index (Phi) is 5.39. The number of hydrogen-bond acceptors (Lipinski definition) is 4. The highest BCUT2D eigenvalue weighted by atomic mass is 35.5. The third-order valence-electron chi connectivity index (χ3n) is 3.55. The number of hydrogen-bond donors (Lipinski definition) is 1. The Morgan fingerprint density at radius 3 is 2.57 bits per heavy atom. The highest BCUT2D eigenvalue weighted by Crippen LogP contribution is 2.23. The van der Waals surface area contributed by atoms with Crippen molar-refractivity contribution in [2.45, 2.75) is 26.3 Å². The van der Waals surface area contributed by atoms with Crippen LogP contribution in [0, 0.1) is 0 Å². The lowest BCUT2D eigenvalue weighted by atomic mass is 10.1. The van der Waals surface area contributed by atoms with Gasteiger partial charge in [-0.05, 0) is 37.6 Å². The first-order valence-electron chi connectivity index (χ1n) is 7.17. The van der Waals surface area contributed by atoms with Gasteiger partial charge >= 0.3 is 5.97 Å². The fraction of sp³-hybridized carbons (Fsp3) is 0.312. The molecule has 122 valence electrons. The van der Waals surface area contributed by atoms with E-state index in [1.165, 1.54) is 11.0 Å². The number of aromatic nitrogens is 1. The van der Waals surface area contributed by atoms with Gasteiger partial charge in [0.05, 0.1) is 0 Å². The second kappa shape index (κ2) is 7.28. The van der Waals surface area contributed by atoms with Gasteiger partial charge < -0.3 is 14.5 Å². The van der Waals surface area contributed by atoms with Crippen LogP contribution in [0.25, 0.3) is 11.3 Å². The quantitative estimate of drug-likeness (QED) is 0.874. The van der Waals surface area contributed by atoms with Crippen molar-refractivity contribution >= 4 is 23.5 Å². The van der Waals surface area contributed by atoms with E-state index < -0.39 is 11.9 Å². The maximum Gasteiger partial charge on any atom is 0.323 e. The second-order valence-electron chi connectivity index (χ2n) is 5.17. The van der Waals surface area contributed by atoms with Crippen molar-refractivity contribution in [1.29, 1.82) is 0 Å². The zero-order chi connectivity index (χ0) is 17.0. The summed E-state index contributed by atoms with van der Waals surface area (Å²) in [7, 11) is 0. The summed E-state index contributed by atoms with van der Waals surface area (Å²) in [6.07, 6.45) is 0.640. The Hall–Kier alpha value is -2.34. The molecule has 23 heavy (non-hydrogen) atoms. The van der Waals surface area contributed by atoms with Crippen LogP contribution >= 0.6 is 11.6 Å². The minimum Gasteiger partial charge on any atom is -0.480 e. The maximum absolute atomic E-state index is 12.5. The summed E-state index contributed by atoms with van der Waals surface area (Å²) in [5.74, 6) is -1.12. The summed E-state index contributed by atoms with van der Waals surface area (Å²) in [5.41, 5.74) is 0.811. The lowest BCUT2D eigenvalue weighted by molar-refractivity contribution is -0.138. The van der Waals surface area contributed by atoms with E-state index in [0.717, 1.165) is 5.56 Å². The summed E-state index contributed by atoms with van der Waals surface area (Å²) < 4.78 is 5.19. The molecule has 0 bridgehead atoms. The van der Waals surface area contributed by atoms with Crippen LogP contribution in [0.3, 0.4) is 0 Å². The monoisotopic (exact) mass is 336 g/mol. The molecule has 0 aliphatic carbocycles. The highest BCUT2D eigenvalue weighted by molar-refractivity contribution is 6.30. The Labute approximate surface area is 138 Å². The molecule has 0 saturated carbocycles. The molecule has 0 aliphatic rings. The van der Waals surface area contributed by atoms with Crippen molar-refractivity contribution in [1.82, 2.24) is 10.1 Å². The molecule has 0 spiro atoms. The zero-order valence-electron chi connectivity index (χ0n) is 12.8. The van der Waals surface area contributed by atoms with Crippen LogP contribution in [0.5, 0.6) is 0 Å². The highest BCUT2D eigenvalue weighted by Gasteiger charge is 2.25. The molecule has 0 aliphatic heterocycles. The van der Waals surface area contributed by atoms with Crippen molar-refractivity contribution in [3.05, 3.63) is 41.0 Å². The largest absolute Gasteiger partial charge is 0.480 e. The number of rotatable bonds is 6. The van der Waals surface area contributed by atoms with E-state index in [1.54, 1.807) is 31.2 Å². The summed E-state index contributed by atoms with van der Waals surface area (Å²) in [4.78, 5) is 24.7. The third kappa shape index (κ3) is 4.10. The van der Waals surface area contributed by atoms with Gasteiger partial charge in [0, 0.05) is 22.7 Å². The van der Waals surface area contributed by atoms with Crippen molar-refractivity contribution in [3.63, 3.8) is 0 Å². The molecule has 6 nitrogen and oxygen atoms in total. The van der Waals surface area contributed by atoms with Gasteiger partial charge in [0.15, 0.2) is 11.5 Å². The fourth-order valence-corrected chi connectivity index (χ4v) is 2.19. The van der Waals surface area contributed by atoms with Crippen molar-refractivity contribution < 1.29 is 19.2 Å². The minimum atomic E-state index is -1.07. The van der Waals surface area contributed by atoms with E-state index >= 15 is 0 Å². The standard InChI is InChI=1S/C16H17ClN2O4/c1-3-10(2)19(9-15(20)21)16(22)13-8-14(23-18-13)11-4-6-12(17)7-5-11/h4-8,10H,3,9H2,1-2H3,(H,20,21). The van der Waals surface area contributed by atoms with Gasteiger partial charge in [0.2, 0.25) is 0 Å². The second-order valence-corrected chi connectivity index (χ2v) is 5.60. The average Bonchev–Trinajstić information content (AvgIpc) is 3.01. The number of halogens is 1. The van der Waals surface area contributed by atoms with Gasteiger partial charge in [-0.1, -0.05) is 23.7 Å². The van der Waals surface area contributed by atoms with Gasteiger partial charge in [-0.2, -0.15) is 0 Å². The normalized spacial score (nSPS) is 12.0. The summed E-state index contributed by atoms with van der Waals surface area (Å²) in [6, 6.07) is 8.20. The smallest absolute Gasteiger partial charge is 0.323 e.